The van der Waals surface area contributed by atoms with Crippen molar-refractivity contribution in [1.29, 1.82) is 0 Å². The molecular formula is C10H7F2N3O. The quantitative estimate of drug-likeness (QED) is 0.744. The number of rotatable bonds is 2. The first-order valence-electron chi connectivity index (χ1n) is 4.42. The Bertz CT molecular complexity index is 497. The summed E-state index contributed by atoms with van der Waals surface area (Å²) in [6, 6.07) is 3.11. The number of hydrogen-bond donors (Lipinski definition) is 2. The number of nitrogens with one attached hydrogen (secondary N) is 2. The minimum absolute atomic E-state index is 0.0852. The van der Waals surface area contributed by atoms with E-state index < -0.39 is 11.6 Å². The van der Waals surface area contributed by atoms with Gasteiger partial charge in [0.2, 0.25) is 0 Å². The van der Waals surface area contributed by atoms with Crippen molar-refractivity contribution in [2.75, 3.05) is 5.32 Å². The Hall–Kier alpha value is -2.24. The number of hydrazone groups is 1. The smallest absolute Gasteiger partial charge is 0.274 e. The fourth-order valence-electron chi connectivity index (χ4n) is 1.15. The van der Waals surface area contributed by atoms with Gasteiger partial charge in [0.15, 0.2) is 0 Å². The highest BCUT2D eigenvalue weighted by Gasteiger charge is 2.11. The van der Waals surface area contributed by atoms with E-state index in [2.05, 4.69) is 15.8 Å². The highest BCUT2D eigenvalue weighted by atomic mass is 19.1. The molecule has 0 atom stereocenters. The number of anilines is 1. The number of hydrogen-bond acceptors (Lipinski definition) is 3. The van der Waals surface area contributed by atoms with Gasteiger partial charge in [-0.1, -0.05) is 0 Å². The molecule has 0 aromatic heterocycles. The Morgan fingerprint density at radius 3 is 2.81 bits per heavy atom. The molecular weight excluding hydrogens is 216 g/mol. The predicted molar refractivity (Wildman–Crippen MR) is 54.7 cm³/mol. The third kappa shape index (κ3) is 2.05. The van der Waals surface area contributed by atoms with E-state index in [9.17, 15) is 13.6 Å². The molecule has 1 heterocycles. The van der Waals surface area contributed by atoms with Crippen molar-refractivity contribution in [3.05, 3.63) is 41.6 Å². The topological polar surface area (TPSA) is 53.5 Å². The summed E-state index contributed by atoms with van der Waals surface area (Å²) in [7, 11) is 0. The van der Waals surface area contributed by atoms with E-state index in [0.29, 0.717) is 0 Å². The average Bonchev–Trinajstić information content (AvgIpc) is 2.63. The number of nitrogens with zero attached hydrogens (tertiary/aromatic N) is 1. The van der Waals surface area contributed by atoms with Crippen molar-refractivity contribution < 1.29 is 13.6 Å². The minimum Gasteiger partial charge on any atom is -0.358 e. The zero-order valence-electron chi connectivity index (χ0n) is 8.00. The van der Waals surface area contributed by atoms with E-state index >= 15 is 0 Å². The van der Waals surface area contributed by atoms with E-state index in [0.717, 1.165) is 12.1 Å². The zero-order chi connectivity index (χ0) is 11.5. The molecule has 0 saturated heterocycles. The zero-order valence-corrected chi connectivity index (χ0v) is 8.00. The molecule has 16 heavy (non-hydrogen) atoms. The molecule has 82 valence electrons. The third-order valence-corrected chi connectivity index (χ3v) is 1.95. The normalized spacial score (nSPS) is 16.6. The molecule has 0 unspecified atom stereocenters. The summed E-state index contributed by atoms with van der Waals surface area (Å²) >= 11 is 0. The highest BCUT2D eigenvalue weighted by Crippen LogP contribution is 2.15. The Balaban J connectivity index is 2.16. The molecule has 6 heteroatoms. The van der Waals surface area contributed by atoms with Crippen LogP contribution in [0.4, 0.5) is 14.5 Å². The van der Waals surface area contributed by atoms with Crippen molar-refractivity contribution in [3.63, 3.8) is 0 Å². The highest BCUT2D eigenvalue weighted by molar-refractivity contribution is 6.15. The molecule has 0 saturated carbocycles. The molecule has 0 aliphatic carbocycles. The molecule has 1 aromatic rings. The number of amides is 1. The first-order valence-corrected chi connectivity index (χ1v) is 4.42. The molecule has 2 N–H and O–H groups in total. The Morgan fingerprint density at radius 1 is 1.38 bits per heavy atom. The number of benzene rings is 1. The lowest BCUT2D eigenvalue weighted by atomic mass is 10.3. The minimum atomic E-state index is -0.729. The van der Waals surface area contributed by atoms with Crippen LogP contribution in [0.5, 0.6) is 0 Å². The Kier molecular flexibility index (Phi) is 2.63. The molecule has 1 amide bonds. The second kappa shape index (κ2) is 4.09. The van der Waals surface area contributed by atoms with Crippen LogP contribution < -0.4 is 10.7 Å². The van der Waals surface area contributed by atoms with Crippen molar-refractivity contribution in [3.8, 4) is 0 Å². The molecule has 0 bridgehead atoms. The first kappa shape index (κ1) is 10.3. The van der Waals surface area contributed by atoms with Gasteiger partial charge in [0.25, 0.3) is 5.91 Å². The summed E-state index contributed by atoms with van der Waals surface area (Å²) in [4.78, 5) is 11.0. The van der Waals surface area contributed by atoms with Crippen LogP contribution in [-0.2, 0) is 4.79 Å². The van der Waals surface area contributed by atoms with E-state index in [1.54, 1.807) is 0 Å². The van der Waals surface area contributed by atoms with Gasteiger partial charge < -0.3 is 5.32 Å². The van der Waals surface area contributed by atoms with Gasteiger partial charge in [-0.25, -0.2) is 14.2 Å². The van der Waals surface area contributed by atoms with Gasteiger partial charge in [0.1, 0.15) is 11.6 Å². The largest absolute Gasteiger partial charge is 0.358 e. The maximum Gasteiger partial charge on any atom is 0.274 e. The number of carbonyl (C=O) groups excluding carboxylic acids is 1. The van der Waals surface area contributed by atoms with E-state index in [1.807, 2.05) is 0 Å². The van der Waals surface area contributed by atoms with Crippen LogP contribution in [0.15, 0.2) is 35.1 Å². The predicted octanol–water partition coefficient (Wildman–Crippen LogP) is 1.38. The van der Waals surface area contributed by atoms with Gasteiger partial charge in [0.05, 0.1) is 17.5 Å². The van der Waals surface area contributed by atoms with Gasteiger partial charge in [-0.05, 0) is 12.1 Å². The van der Waals surface area contributed by atoms with E-state index in [4.69, 9.17) is 0 Å². The average molecular weight is 223 g/mol. The molecule has 0 spiro atoms. The molecule has 1 aliphatic rings. The van der Waals surface area contributed by atoms with Crippen LogP contribution in [-0.4, -0.2) is 12.1 Å². The summed E-state index contributed by atoms with van der Waals surface area (Å²) in [5, 5.41) is 6.06. The second-order valence-corrected chi connectivity index (χ2v) is 3.07. The maximum absolute atomic E-state index is 13.2. The number of halogens is 2. The standard InChI is InChI=1S/C10H7F2N3O/c11-7-1-2-9(8(12)3-7)13-4-6-5-14-15-10(6)16/h1-5,13H,(H,15,16). The molecule has 1 aliphatic heterocycles. The summed E-state index contributed by atoms with van der Waals surface area (Å²) in [6.07, 6.45) is 2.60. The van der Waals surface area contributed by atoms with E-state index in [1.165, 1.54) is 18.5 Å². The van der Waals surface area contributed by atoms with Crippen LogP contribution in [0.1, 0.15) is 0 Å². The summed E-state index contributed by atoms with van der Waals surface area (Å²) in [5.41, 5.74) is 2.55. The Morgan fingerprint density at radius 2 is 2.19 bits per heavy atom. The van der Waals surface area contributed by atoms with Crippen molar-refractivity contribution in [2.45, 2.75) is 0 Å². The van der Waals surface area contributed by atoms with Crippen LogP contribution in [0.2, 0.25) is 0 Å². The van der Waals surface area contributed by atoms with Gasteiger partial charge in [0, 0.05) is 12.3 Å². The van der Waals surface area contributed by atoms with Crippen LogP contribution >= 0.6 is 0 Å². The summed E-state index contributed by atoms with van der Waals surface area (Å²) in [5.74, 6) is -1.77. The Labute approximate surface area is 89.7 Å². The lowest BCUT2D eigenvalue weighted by molar-refractivity contribution is -0.116. The number of carbonyl (C=O) groups is 1. The summed E-state index contributed by atoms with van der Waals surface area (Å²) < 4.78 is 25.7. The monoisotopic (exact) mass is 223 g/mol. The molecule has 1 aromatic carbocycles. The lowest BCUT2D eigenvalue weighted by Crippen LogP contribution is -2.12. The van der Waals surface area contributed by atoms with Crippen molar-refractivity contribution in [2.24, 2.45) is 5.10 Å². The van der Waals surface area contributed by atoms with Crippen molar-refractivity contribution in [1.82, 2.24) is 5.43 Å². The first-order chi connectivity index (χ1) is 7.66. The molecule has 4 nitrogen and oxygen atoms in total. The lowest BCUT2D eigenvalue weighted by Gasteiger charge is -2.02. The van der Waals surface area contributed by atoms with Crippen LogP contribution in [0.3, 0.4) is 0 Å². The van der Waals surface area contributed by atoms with E-state index in [-0.39, 0.29) is 17.2 Å². The van der Waals surface area contributed by atoms with Crippen LogP contribution in [0, 0.1) is 11.6 Å². The summed E-state index contributed by atoms with van der Waals surface area (Å²) in [6.45, 7) is 0. The van der Waals surface area contributed by atoms with Gasteiger partial charge in [-0.15, -0.1) is 0 Å². The molecule has 0 radical (unpaired) electrons. The fourth-order valence-corrected chi connectivity index (χ4v) is 1.15. The SMILES string of the molecule is O=C1NN=CC1=CNc1ccc(F)cc1F. The second-order valence-electron chi connectivity index (χ2n) is 3.07. The van der Waals surface area contributed by atoms with Gasteiger partial charge in [-0.3, -0.25) is 4.79 Å². The maximum atomic E-state index is 13.2. The van der Waals surface area contributed by atoms with Gasteiger partial charge in [-0.2, -0.15) is 5.10 Å². The fraction of sp³-hybridized carbons (Fsp3) is 0. The van der Waals surface area contributed by atoms with Crippen LogP contribution in [0.25, 0.3) is 0 Å². The van der Waals surface area contributed by atoms with Crippen molar-refractivity contribution >= 4 is 17.8 Å². The molecule has 0 fully saturated rings. The molecule has 2 rings (SSSR count). The van der Waals surface area contributed by atoms with Gasteiger partial charge >= 0.3 is 0 Å². The third-order valence-electron chi connectivity index (χ3n) is 1.95.